The van der Waals surface area contributed by atoms with Gasteiger partial charge in [-0.15, -0.1) is 0 Å². The van der Waals surface area contributed by atoms with Crippen LogP contribution in [0.2, 0.25) is 0 Å². The molecule has 0 atom stereocenters. The Kier molecular flexibility index (Phi) is 2.74. The van der Waals surface area contributed by atoms with Gasteiger partial charge in [0.1, 0.15) is 5.52 Å². The number of nitrogens with zero attached hydrogens (tertiary/aromatic N) is 3. The number of hydrogen-bond acceptors (Lipinski definition) is 2. The van der Waals surface area contributed by atoms with Crippen molar-refractivity contribution in [1.82, 2.24) is 14.8 Å². The summed E-state index contributed by atoms with van der Waals surface area (Å²) in [5.41, 5.74) is 2.15. The largest absolute Gasteiger partial charge is 0.416 e. The van der Waals surface area contributed by atoms with Gasteiger partial charge >= 0.3 is 6.18 Å². The molecule has 0 saturated heterocycles. The van der Waals surface area contributed by atoms with Gasteiger partial charge in [0.05, 0.1) is 22.5 Å². The number of hydrogen-bond donors (Lipinski definition) is 0. The first-order chi connectivity index (χ1) is 9.47. The number of fused-ring (bicyclic) bond motifs is 1. The van der Waals surface area contributed by atoms with Gasteiger partial charge in [0.2, 0.25) is 0 Å². The van der Waals surface area contributed by atoms with E-state index in [0.29, 0.717) is 5.69 Å². The van der Waals surface area contributed by atoms with Crippen LogP contribution in [-0.2, 0) is 6.18 Å². The molecule has 3 aromatic rings. The number of aryl methyl sites for hydroxylation is 1. The molecule has 2 aromatic heterocycles. The van der Waals surface area contributed by atoms with Gasteiger partial charge in [0.15, 0.2) is 0 Å². The second-order valence-corrected chi connectivity index (χ2v) is 4.41. The molecule has 0 spiro atoms. The fourth-order valence-electron chi connectivity index (χ4n) is 2.09. The Morgan fingerprint density at radius 3 is 2.40 bits per heavy atom. The number of aromatic nitrogens is 3. The van der Waals surface area contributed by atoms with Crippen LogP contribution >= 0.6 is 0 Å². The minimum atomic E-state index is -4.33. The van der Waals surface area contributed by atoms with E-state index < -0.39 is 11.7 Å². The van der Waals surface area contributed by atoms with Crippen molar-refractivity contribution in [3.63, 3.8) is 0 Å². The Morgan fingerprint density at radius 2 is 1.75 bits per heavy atom. The van der Waals surface area contributed by atoms with Crippen molar-refractivity contribution < 1.29 is 13.2 Å². The Morgan fingerprint density at radius 1 is 1.05 bits per heavy atom. The summed E-state index contributed by atoms with van der Waals surface area (Å²) >= 11 is 0. The van der Waals surface area contributed by atoms with Gasteiger partial charge in [0.25, 0.3) is 0 Å². The molecule has 0 aliphatic rings. The zero-order chi connectivity index (χ0) is 14.3. The van der Waals surface area contributed by atoms with Gasteiger partial charge in [-0.2, -0.15) is 18.3 Å². The Labute approximate surface area is 112 Å². The summed E-state index contributed by atoms with van der Waals surface area (Å²) in [5, 5.41) is 4.32. The summed E-state index contributed by atoms with van der Waals surface area (Å²) in [6.45, 7) is 1.82. The minimum absolute atomic E-state index is 0.573. The van der Waals surface area contributed by atoms with Crippen LogP contribution in [0.5, 0.6) is 0 Å². The molecule has 102 valence electrons. The quantitative estimate of drug-likeness (QED) is 0.678. The highest BCUT2D eigenvalue weighted by Crippen LogP contribution is 2.30. The molecule has 0 unspecified atom stereocenters. The molecule has 0 amide bonds. The first-order valence-corrected chi connectivity index (χ1v) is 5.95. The fourth-order valence-corrected chi connectivity index (χ4v) is 2.09. The van der Waals surface area contributed by atoms with Gasteiger partial charge in [-0.1, -0.05) is 0 Å². The van der Waals surface area contributed by atoms with E-state index >= 15 is 0 Å². The minimum Gasteiger partial charge on any atom is -0.253 e. The molecule has 0 bridgehead atoms. The van der Waals surface area contributed by atoms with Gasteiger partial charge in [-0.05, 0) is 43.3 Å². The third-order valence-corrected chi connectivity index (χ3v) is 3.05. The van der Waals surface area contributed by atoms with E-state index in [9.17, 15) is 13.2 Å². The monoisotopic (exact) mass is 277 g/mol. The van der Waals surface area contributed by atoms with Crippen molar-refractivity contribution in [3.8, 4) is 5.69 Å². The maximum atomic E-state index is 12.5. The van der Waals surface area contributed by atoms with E-state index in [0.717, 1.165) is 28.9 Å². The third kappa shape index (κ3) is 2.03. The molecule has 0 N–H and O–H groups in total. The predicted molar refractivity (Wildman–Crippen MR) is 68.6 cm³/mol. The lowest BCUT2D eigenvalue weighted by molar-refractivity contribution is -0.137. The summed E-state index contributed by atoms with van der Waals surface area (Å²) in [4.78, 5) is 4.22. The molecule has 2 heterocycles. The topological polar surface area (TPSA) is 30.7 Å². The van der Waals surface area contributed by atoms with Crippen LogP contribution in [0.4, 0.5) is 13.2 Å². The van der Waals surface area contributed by atoms with E-state index in [1.54, 1.807) is 16.9 Å². The molecule has 6 heteroatoms. The molecule has 3 rings (SSSR count). The highest BCUT2D eigenvalue weighted by atomic mass is 19.4. The van der Waals surface area contributed by atoms with Gasteiger partial charge in [-0.3, -0.25) is 4.98 Å². The smallest absolute Gasteiger partial charge is 0.253 e. The van der Waals surface area contributed by atoms with Crippen LogP contribution in [0.1, 0.15) is 11.3 Å². The van der Waals surface area contributed by atoms with Crippen LogP contribution in [0, 0.1) is 6.92 Å². The lowest BCUT2D eigenvalue weighted by Gasteiger charge is -2.08. The average Bonchev–Trinajstić information content (AvgIpc) is 2.76. The van der Waals surface area contributed by atoms with E-state index in [4.69, 9.17) is 0 Å². The highest BCUT2D eigenvalue weighted by molar-refractivity contribution is 5.78. The lowest BCUT2D eigenvalue weighted by atomic mass is 10.2. The molecule has 0 aliphatic carbocycles. The van der Waals surface area contributed by atoms with Crippen molar-refractivity contribution in [2.75, 3.05) is 0 Å². The molecule has 0 fully saturated rings. The van der Waals surface area contributed by atoms with E-state index in [1.165, 1.54) is 12.1 Å². The molecular weight excluding hydrogens is 267 g/mol. The Hall–Kier alpha value is -2.37. The first kappa shape index (κ1) is 12.7. The van der Waals surface area contributed by atoms with Crippen molar-refractivity contribution >= 4 is 11.0 Å². The first-order valence-electron chi connectivity index (χ1n) is 5.95. The zero-order valence-electron chi connectivity index (χ0n) is 10.5. The van der Waals surface area contributed by atoms with E-state index in [1.807, 2.05) is 13.0 Å². The number of pyridine rings is 1. The molecule has 3 nitrogen and oxygen atoms in total. The van der Waals surface area contributed by atoms with Crippen molar-refractivity contribution in [3.05, 3.63) is 53.9 Å². The Balaban J connectivity index is 2.12. The third-order valence-electron chi connectivity index (χ3n) is 3.05. The molecule has 0 saturated carbocycles. The van der Waals surface area contributed by atoms with Crippen LogP contribution in [0.25, 0.3) is 16.7 Å². The maximum absolute atomic E-state index is 12.5. The lowest BCUT2D eigenvalue weighted by Crippen LogP contribution is -2.05. The van der Waals surface area contributed by atoms with Crippen molar-refractivity contribution in [2.24, 2.45) is 0 Å². The summed E-state index contributed by atoms with van der Waals surface area (Å²) in [6.07, 6.45) is -2.67. The standard InChI is InChI=1S/C14H10F3N3/c1-9-13-12(3-2-8-18-13)20(19-9)11-6-4-10(5-7-11)14(15,16)17/h2-8H,1H3. The molecule has 0 aliphatic heterocycles. The highest BCUT2D eigenvalue weighted by Gasteiger charge is 2.30. The zero-order valence-corrected chi connectivity index (χ0v) is 10.5. The number of rotatable bonds is 1. The average molecular weight is 277 g/mol. The second-order valence-electron chi connectivity index (χ2n) is 4.41. The summed E-state index contributed by atoms with van der Waals surface area (Å²) in [5.74, 6) is 0. The van der Waals surface area contributed by atoms with Gasteiger partial charge in [-0.25, -0.2) is 4.68 Å². The summed E-state index contributed by atoms with van der Waals surface area (Å²) < 4.78 is 39.2. The predicted octanol–water partition coefficient (Wildman–Crippen LogP) is 3.75. The van der Waals surface area contributed by atoms with Crippen LogP contribution in [0.3, 0.4) is 0 Å². The fraction of sp³-hybridized carbons (Fsp3) is 0.143. The molecule has 1 aromatic carbocycles. The number of halogens is 3. The van der Waals surface area contributed by atoms with Crippen LogP contribution in [-0.4, -0.2) is 14.8 Å². The van der Waals surface area contributed by atoms with E-state index in [2.05, 4.69) is 10.1 Å². The summed E-state index contributed by atoms with van der Waals surface area (Å²) in [7, 11) is 0. The molecule has 0 radical (unpaired) electrons. The molecular formula is C14H10F3N3. The van der Waals surface area contributed by atoms with Crippen molar-refractivity contribution in [2.45, 2.75) is 13.1 Å². The molecule has 20 heavy (non-hydrogen) atoms. The Bertz CT molecular complexity index is 757. The summed E-state index contributed by atoms with van der Waals surface area (Å²) in [6, 6.07) is 8.51. The maximum Gasteiger partial charge on any atom is 0.416 e. The van der Waals surface area contributed by atoms with E-state index in [-0.39, 0.29) is 0 Å². The number of alkyl halides is 3. The normalized spacial score (nSPS) is 12.0. The SMILES string of the molecule is Cc1nn(-c2ccc(C(F)(F)F)cc2)c2cccnc12. The number of benzene rings is 1. The van der Waals surface area contributed by atoms with Gasteiger partial charge in [0, 0.05) is 6.20 Å². The van der Waals surface area contributed by atoms with Crippen molar-refractivity contribution in [1.29, 1.82) is 0 Å². The van der Waals surface area contributed by atoms with Crippen LogP contribution < -0.4 is 0 Å². The van der Waals surface area contributed by atoms with Gasteiger partial charge < -0.3 is 0 Å². The van der Waals surface area contributed by atoms with Crippen LogP contribution in [0.15, 0.2) is 42.6 Å². The second kappa shape index (κ2) is 4.33.